The maximum Gasteiger partial charge on any atom is 0.0757 e. The predicted molar refractivity (Wildman–Crippen MR) is 58.3 cm³/mol. The molecule has 1 aliphatic carbocycles. The third kappa shape index (κ3) is 2.37. The Morgan fingerprint density at radius 1 is 1.43 bits per heavy atom. The molecule has 2 unspecified atom stereocenters. The van der Waals surface area contributed by atoms with Gasteiger partial charge in [0.2, 0.25) is 0 Å². The summed E-state index contributed by atoms with van der Waals surface area (Å²) in [6.07, 6.45) is 5.50. The standard InChI is InChI=1S/C12H21NO/c1-3-9(2)8-13-11-6-7-14-12(11)10-4-5-10/h10-13H,2-8H2,1H3. The molecule has 1 N–H and O–H groups in total. The minimum Gasteiger partial charge on any atom is -0.376 e. The van der Waals surface area contributed by atoms with Crippen LogP contribution in [0.5, 0.6) is 0 Å². The molecule has 2 rings (SSSR count). The van der Waals surface area contributed by atoms with Crippen molar-refractivity contribution >= 4 is 0 Å². The first kappa shape index (κ1) is 10.2. The van der Waals surface area contributed by atoms with E-state index < -0.39 is 0 Å². The number of nitrogens with one attached hydrogen (secondary N) is 1. The van der Waals surface area contributed by atoms with Crippen molar-refractivity contribution in [1.82, 2.24) is 5.32 Å². The lowest BCUT2D eigenvalue weighted by Gasteiger charge is -2.19. The topological polar surface area (TPSA) is 21.3 Å². The second-order valence-electron chi connectivity index (χ2n) is 4.55. The summed E-state index contributed by atoms with van der Waals surface area (Å²) in [5, 5.41) is 3.58. The molecular weight excluding hydrogens is 174 g/mol. The Bertz CT molecular complexity index is 210. The molecule has 1 aliphatic heterocycles. The van der Waals surface area contributed by atoms with Gasteiger partial charge in [-0.15, -0.1) is 0 Å². The van der Waals surface area contributed by atoms with Crippen LogP contribution in [-0.4, -0.2) is 25.3 Å². The van der Waals surface area contributed by atoms with Crippen molar-refractivity contribution in [3.63, 3.8) is 0 Å². The number of ether oxygens (including phenoxy) is 1. The number of hydrogen-bond donors (Lipinski definition) is 1. The van der Waals surface area contributed by atoms with Gasteiger partial charge in [0, 0.05) is 19.2 Å². The summed E-state index contributed by atoms with van der Waals surface area (Å²) in [6, 6.07) is 0.589. The Kier molecular flexibility index (Phi) is 3.24. The zero-order valence-electron chi connectivity index (χ0n) is 9.09. The van der Waals surface area contributed by atoms with E-state index in [-0.39, 0.29) is 0 Å². The maximum atomic E-state index is 5.76. The van der Waals surface area contributed by atoms with Gasteiger partial charge in [0.25, 0.3) is 0 Å². The smallest absolute Gasteiger partial charge is 0.0757 e. The third-order valence-corrected chi connectivity index (χ3v) is 3.34. The fourth-order valence-corrected chi connectivity index (χ4v) is 2.12. The van der Waals surface area contributed by atoms with Gasteiger partial charge < -0.3 is 10.1 Å². The van der Waals surface area contributed by atoms with E-state index in [1.165, 1.54) is 24.8 Å². The normalized spacial score (nSPS) is 32.1. The summed E-state index contributed by atoms with van der Waals surface area (Å²) in [6.45, 7) is 8.08. The molecule has 2 atom stereocenters. The number of rotatable bonds is 5. The van der Waals surface area contributed by atoms with Gasteiger partial charge in [-0.05, 0) is 31.6 Å². The van der Waals surface area contributed by atoms with Gasteiger partial charge in [-0.3, -0.25) is 0 Å². The Labute approximate surface area is 86.7 Å². The van der Waals surface area contributed by atoms with Gasteiger partial charge >= 0.3 is 0 Å². The summed E-state index contributed by atoms with van der Waals surface area (Å²) >= 11 is 0. The lowest BCUT2D eigenvalue weighted by atomic mass is 10.1. The van der Waals surface area contributed by atoms with Crippen LogP contribution in [0.1, 0.15) is 32.6 Å². The van der Waals surface area contributed by atoms with Crippen molar-refractivity contribution in [2.45, 2.75) is 44.8 Å². The van der Waals surface area contributed by atoms with E-state index in [4.69, 9.17) is 4.74 Å². The maximum absolute atomic E-state index is 5.76. The number of hydrogen-bond acceptors (Lipinski definition) is 2. The summed E-state index contributed by atoms with van der Waals surface area (Å²) in [4.78, 5) is 0. The first-order valence-electron chi connectivity index (χ1n) is 5.83. The van der Waals surface area contributed by atoms with Crippen molar-refractivity contribution in [2.75, 3.05) is 13.2 Å². The van der Waals surface area contributed by atoms with Crippen LogP contribution in [0.4, 0.5) is 0 Å². The molecule has 0 spiro atoms. The van der Waals surface area contributed by atoms with Crippen LogP contribution in [-0.2, 0) is 4.74 Å². The van der Waals surface area contributed by atoms with E-state index in [9.17, 15) is 0 Å². The summed E-state index contributed by atoms with van der Waals surface area (Å²) in [5.41, 5.74) is 1.30. The zero-order chi connectivity index (χ0) is 9.97. The Balaban J connectivity index is 1.75. The van der Waals surface area contributed by atoms with Crippen LogP contribution >= 0.6 is 0 Å². The highest BCUT2D eigenvalue weighted by Crippen LogP contribution is 2.38. The van der Waals surface area contributed by atoms with E-state index >= 15 is 0 Å². The van der Waals surface area contributed by atoms with E-state index in [0.29, 0.717) is 12.1 Å². The highest BCUT2D eigenvalue weighted by atomic mass is 16.5. The van der Waals surface area contributed by atoms with E-state index in [0.717, 1.165) is 25.5 Å². The molecule has 2 fully saturated rings. The molecule has 0 radical (unpaired) electrons. The summed E-state index contributed by atoms with van der Waals surface area (Å²) < 4.78 is 5.76. The van der Waals surface area contributed by atoms with Gasteiger partial charge in [-0.1, -0.05) is 19.1 Å². The van der Waals surface area contributed by atoms with Gasteiger partial charge in [-0.25, -0.2) is 0 Å². The zero-order valence-corrected chi connectivity index (χ0v) is 9.09. The predicted octanol–water partition coefficient (Wildman–Crippen LogP) is 2.11. The van der Waals surface area contributed by atoms with Crippen LogP contribution in [0.25, 0.3) is 0 Å². The first-order chi connectivity index (χ1) is 6.81. The fraction of sp³-hybridized carbons (Fsp3) is 0.833. The highest BCUT2D eigenvalue weighted by molar-refractivity contribution is 4.99. The Morgan fingerprint density at radius 3 is 2.86 bits per heavy atom. The second-order valence-corrected chi connectivity index (χ2v) is 4.55. The monoisotopic (exact) mass is 195 g/mol. The molecule has 1 saturated carbocycles. The van der Waals surface area contributed by atoms with Crippen LogP contribution < -0.4 is 5.32 Å². The van der Waals surface area contributed by atoms with Crippen molar-refractivity contribution in [1.29, 1.82) is 0 Å². The molecule has 80 valence electrons. The van der Waals surface area contributed by atoms with Gasteiger partial charge in [0.1, 0.15) is 0 Å². The molecule has 1 heterocycles. The molecular formula is C12H21NO. The Morgan fingerprint density at radius 2 is 2.21 bits per heavy atom. The largest absolute Gasteiger partial charge is 0.376 e. The average Bonchev–Trinajstić information content (AvgIpc) is 2.94. The summed E-state index contributed by atoms with van der Waals surface area (Å²) in [7, 11) is 0. The lowest BCUT2D eigenvalue weighted by molar-refractivity contribution is 0.0817. The summed E-state index contributed by atoms with van der Waals surface area (Å²) in [5.74, 6) is 0.852. The van der Waals surface area contributed by atoms with E-state index in [2.05, 4.69) is 18.8 Å². The molecule has 0 amide bonds. The van der Waals surface area contributed by atoms with Crippen molar-refractivity contribution in [3.05, 3.63) is 12.2 Å². The van der Waals surface area contributed by atoms with Crippen molar-refractivity contribution < 1.29 is 4.74 Å². The molecule has 2 heteroatoms. The van der Waals surface area contributed by atoms with Gasteiger partial charge in [0.15, 0.2) is 0 Å². The molecule has 0 bridgehead atoms. The van der Waals surface area contributed by atoms with Crippen LogP contribution in [0.15, 0.2) is 12.2 Å². The van der Waals surface area contributed by atoms with E-state index in [1.807, 2.05) is 0 Å². The molecule has 1 saturated heterocycles. The minimum atomic E-state index is 0.500. The third-order valence-electron chi connectivity index (χ3n) is 3.34. The van der Waals surface area contributed by atoms with E-state index in [1.54, 1.807) is 0 Å². The Hall–Kier alpha value is -0.340. The minimum absolute atomic E-state index is 0.500. The van der Waals surface area contributed by atoms with Gasteiger partial charge in [0.05, 0.1) is 6.10 Å². The fourth-order valence-electron chi connectivity index (χ4n) is 2.12. The first-order valence-corrected chi connectivity index (χ1v) is 5.83. The highest BCUT2D eigenvalue weighted by Gasteiger charge is 2.40. The molecule has 0 aromatic heterocycles. The molecule has 2 aliphatic rings. The van der Waals surface area contributed by atoms with Crippen LogP contribution in [0.2, 0.25) is 0 Å². The van der Waals surface area contributed by atoms with Crippen LogP contribution in [0, 0.1) is 5.92 Å². The SMILES string of the molecule is C=C(CC)CNC1CCOC1C1CC1. The molecule has 0 aromatic rings. The molecule has 14 heavy (non-hydrogen) atoms. The molecule has 2 nitrogen and oxygen atoms in total. The average molecular weight is 195 g/mol. The van der Waals surface area contributed by atoms with Crippen LogP contribution in [0.3, 0.4) is 0 Å². The quantitative estimate of drug-likeness (QED) is 0.678. The second kappa shape index (κ2) is 4.45. The molecule has 0 aromatic carbocycles. The van der Waals surface area contributed by atoms with Crippen molar-refractivity contribution in [2.24, 2.45) is 5.92 Å². The van der Waals surface area contributed by atoms with Gasteiger partial charge in [-0.2, -0.15) is 0 Å². The van der Waals surface area contributed by atoms with Crippen molar-refractivity contribution in [3.8, 4) is 0 Å². The lowest BCUT2D eigenvalue weighted by Crippen LogP contribution is -2.38.